The van der Waals surface area contributed by atoms with Crippen LogP contribution in [0.3, 0.4) is 0 Å². The molecule has 0 spiro atoms. The van der Waals surface area contributed by atoms with E-state index in [1.165, 1.54) is 12.0 Å². The SMILES string of the molecule is COC(=O)[C@@H]1C[C@H](Oc2ccccc2)CN1C(=O)OCc1ccccc1. The smallest absolute Gasteiger partial charge is 0.410 e. The van der Waals surface area contributed by atoms with Crippen LogP contribution in [0.5, 0.6) is 5.75 Å². The largest absolute Gasteiger partial charge is 0.488 e. The average Bonchev–Trinajstić information content (AvgIpc) is 3.11. The number of carbonyl (C=O) groups is 2. The number of methoxy groups -OCH3 is 1. The molecule has 1 saturated heterocycles. The Hall–Kier alpha value is -3.02. The van der Waals surface area contributed by atoms with Crippen LogP contribution in [0.2, 0.25) is 0 Å². The number of carbonyl (C=O) groups excluding carboxylic acids is 2. The maximum absolute atomic E-state index is 12.5. The van der Waals surface area contributed by atoms with Crippen LogP contribution in [0.1, 0.15) is 12.0 Å². The summed E-state index contributed by atoms with van der Waals surface area (Å²) in [5.74, 6) is 0.224. The predicted molar refractivity (Wildman–Crippen MR) is 94.6 cm³/mol. The second kappa shape index (κ2) is 8.38. The summed E-state index contributed by atoms with van der Waals surface area (Å²) in [5, 5.41) is 0. The van der Waals surface area contributed by atoms with Crippen LogP contribution < -0.4 is 4.74 Å². The van der Waals surface area contributed by atoms with Crippen LogP contribution in [0, 0.1) is 0 Å². The van der Waals surface area contributed by atoms with E-state index in [4.69, 9.17) is 14.2 Å². The lowest BCUT2D eigenvalue weighted by Gasteiger charge is -2.21. The number of hydrogen-bond donors (Lipinski definition) is 0. The van der Waals surface area contributed by atoms with Gasteiger partial charge in [0.2, 0.25) is 0 Å². The van der Waals surface area contributed by atoms with Gasteiger partial charge in [0.1, 0.15) is 24.5 Å². The molecule has 1 amide bonds. The molecule has 1 fully saturated rings. The molecular weight excluding hydrogens is 334 g/mol. The summed E-state index contributed by atoms with van der Waals surface area (Å²) < 4.78 is 16.1. The van der Waals surface area contributed by atoms with Crippen LogP contribution in [0.15, 0.2) is 60.7 Å². The van der Waals surface area contributed by atoms with Crippen molar-refractivity contribution in [1.82, 2.24) is 4.90 Å². The van der Waals surface area contributed by atoms with Crippen molar-refractivity contribution < 1.29 is 23.8 Å². The lowest BCUT2D eigenvalue weighted by atomic mass is 10.2. The van der Waals surface area contributed by atoms with Gasteiger partial charge in [0.05, 0.1) is 13.7 Å². The van der Waals surface area contributed by atoms with Gasteiger partial charge in [-0.3, -0.25) is 4.90 Å². The van der Waals surface area contributed by atoms with Gasteiger partial charge in [-0.25, -0.2) is 9.59 Å². The standard InChI is InChI=1S/C20H21NO5/c1-24-19(22)18-12-17(26-16-10-6-3-7-11-16)13-21(18)20(23)25-14-15-8-4-2-5-9-15/h2-11,17-18H,12-14H2,1H3/t17-,18-/m0/s1. The number of hydrogen-bond acceptors (Lipinski definition) is 5. The van der Waals surface area contributed by atoms with E-state index in [9.17, 15) is 9.59 Å². The van der Waals surface area contributed by atoms with Gasteiger partial charge in [-0.15, -0.1) is 0 Å². The fourth-order valence-corrected chi connectivity index (χ4v) is 2.94. The van der Waals surface area contributed by atoms with Gasteiger partial charge in [0.15, 0.2) is 0 Å². The molecule has 6 nitrogen and oxygen atoms in total. The molecule has 1 aliphatic rings. The molecule has 0 aliphatic carbocycles. The third-order valence-corrected chi connectivity index (χ3v) is 4.22. The van der Waals surface area contributed by atoms with E-state index in [-0.39, 0.29) is 19.3 Å². The van der Waals surface area contributed by atoms with Crippen LogP contribution >= 0.6 is 0 Å². The van der Waals surface area contributed by atoms with Crippen LogP contribution in [-0.2, 0) is 20.9 Å². The molecule has 1 heterocycles. The van der Waals surface area contributed by atoms with Crippen LogP contribution in [-0.4, -0.2) is 42.8 Å². The zero-order chi connectivity index (χ0) is 18.4. The maximum Gasteiger partial charge on any atom is 0.410 e. The second-order valence-electron chi connectivity index (χ2n) is 6.02. The van der Waals surface area contributed by atoms with E-state index < -0.39 is 18.1 Å². The number of likely N-dealkylation sites (tertiary alicyclic amines) is 1. The average molecular weight is 355 g/mol. The number of nitrogens with zero attached hydrogens (tertiary/aromatic N) is 1. The minimum absolute atomic E-state index is 0.147. The van der Waals surface area contributed by atoms with Crippen molar-refractivity contribution in [1.29, 1.82) is 0 Å². The summed E-state index contributed by atoms with van der Waals surface area (Å²) >= 11 is 0. The Morgan fingerprint density at radius 3 is 2.35 bits per heavy atom. The summed E-state index contributed by atoms with van der Waals surface area (Å²) in [6, 6.07) is 18.0. The minimum Gasteiger partial charge on any atom is -0.488 e. The molecular formula is C20H21NO5. The zero-order valence-corrected chi connectivity index (χ0v) is 14.5. The van der Waals surface area contributed by atoms with Crippen molar-refractivity contribution in [2.75, 3.05) is 13.7 Å². The van der Waals surface area contributed by atoms with Crippen molar-refractivity contribution in [3.05, 3.63) is 66.2 Å². The van der Waals surface area contributed by atoms with Crippen molar-refractivity contribution in [3.63, 3.8) is 0 Å². The van der Waals surface area contributed by atoms with Gasteiger partial charge in [0.25, 0.3) is 0 Å². The Bertz CT molecular complexity index is 734. The summed E-state index contributed by atoms with van der Waals surface area (Å²) in [4.78, 5) is 25.9. The van der Waals surface area contributed by atoms with E-state index >= 15 is 0 Å². The monoisotopic (exact) mass is 355 g/mol. The predicted octanol–water partition coefficient (Wildman–Crippen LogP) is 3.02. The van der Waals surface area contributed by atoms with Crippen molar-refractivity contribution in [2.45, 2.75) is 25.2 Å². The zero-order valence-electron chi connectivity index (χ0n) is 14.5. The highest BCUT2D eigenvalue weighted by Gasteiger charge is 2.42. The summed E-state index contributed by atoms with van der Waals surface area (Å²) in [5.41, 5.74) is 0.881. The lowest BCUT2D eigenvalue weighted by molar-refractivity contribution is -0.145. The first-order valence-electron chi connectivity index (χ1n) is 8.44. The van der Waals surface area contributed by atoms with Crippen molar-refractivity contribution in [3.8, 4) is 5.75 Å². The minimum atomic E-state index is -0.711. The van der Waals surface area contributed by atoms with Crippen molar-refractivity contribution >= 4 is 12.1 Å². The Morgan fingerprint density at radius 2 is 1.69 bits per heavy atom. The maximum atomic E-state index is 12.5. The van der Waals surface area contributed by atoms with Crippen molar-refractivity contribution in [2.24, 2.45) is 0 Å². The first kappa shape index (κ1) is 17.8. The molecule has 2 aromatic carbocycles. The highest BCUT2D eigenvalue weighted by atomic mass is 16.6. The third kappa shape index (κ3) is 4.33. The van der Waals surface area contributed by atoms with Gasteiger partial charge >= 0.3 is 12.1 Å². The normalized spacial score (nSPS) is 19.0. The molecule has 2 atom stereocenters. The molecule has 0 saturated carbocycles. The Balaban J connectivity index is 1.64. The highest BCUT2D eigenvalue weighted by molar-refractivity contribution is 5.82. The van der Waals surface area contributed by atoms with Gasteiger partial charge in [-0.1, -0.05) is 48.5 Å². The second-order valence-corrected chi connectivity index (χ2v) is 6.02. The molecule has 26 heavy (non-hydrogen) atoms. The number of esters is 1. The fourth-order valence-electron chi connectivity index (χ4n) is 2.94. The molecule has 136 valence electrons. The Kier molecular flexibility index (Phi) is 5.73. The fraction of sp³-hybridized carbons (Fsp3) is 0.300. The summed E-state index contributed by atoms with van der Waals surface area (Å²) in [6.45, 7) is 0.413. The van der Waals surface area contributed by atoms with E-state index in [1.807, 2.05) is 60.7 Å². The van der Waals surface area contributed by atoms with Gasteiger partial charge in [0, 0.05) is 6.42 Å². The van der Waals surface area contributed by atoms with Crippen LogP contribution in [0.25, 0.3) is 0 Å². The number of rotatable bonds is 5. The lowest BCUT2D eigenvalue weighted by Crippen LogP contribution is -2.41. The van der Waals surface area contributed by atoms with Crippen LogP contribution in [0.4, 0.5) is 4.79 Å². The highest BCUT2D eigenvalue weighted by Crippen LogP contribution is 2.24. The molecule has 6 heteroatoms. The van der Waals surface area contributed by atoms with Gasteiger partial charge in [-0.05, 0) is 17.7 Å². The molecule has 0 unspecified atom stereocenters. The Morgan fingerprint density at radius 1 is 1.04 bits per heavy atom. The van der Waals surface area contributed by atoms with E-state index in [0.29, 0.717) is 12.2 Å². The third-order valence-electron chi connectivity index (χ3n) is 4.22. The van der Waals surface area contributed by atoms with E-state index in [2.05, 4.69) is 0 Å². The topological polar surface area (TPSA) is 65.1 Å². The molecule has 2 aromatic rings. The quantitative estimate of drug-likeness (QED) is 0.772. The number of ether oxygens (including phenoxy) is 3. The molecule has 3 rings (SSSR count). The molecule has 1 aliphatic heterocycles. The van der Waals surface area contributed by atoms with E-state index in [0.717, 1.165) is 5.56 Å². The number of amides is 1. The molecule has 0 N–H and O–H groups in total. The molecule has 0 radical (unpaired) electrons. The molecule has 0 aromatic heterocycles. The van der Waals surface area contributed by atoms with E-state index in [1.54, 1.807) is 0 Å². The first-order chi connectivity index (χ1) is 12.7. The summed E-state index contributed by atoms with van der Waals surface area (Å²) in [6.07, 6.45) is -0.490. The molecule has 0 bridgehead atoms. The number of para-hydroxylation sites is 1. The summed E-state index contributed by atoms with van der Waals surface area (Å²) in [7, 11) is 1.31. The number of benzene rings is 2. The first-order valence-corrected chi connectivity index (χ1v) is 8.44. The Labute approximate surface area is 152 Å². The van der Waals surface area contributed by atoms with Gasteiger partial charge < -0.3 is 14.2 Å². The van der Waals surface area contributed by atoms with Gasteiger partial charge in [-0.2, -0.15) is 0 Å².